The fourth-order valence-corrected chi connectivity index (χ4v) is 2.79. The smallest absolute Gasteiger partial charge is 0.264 e. The van der Waals surface area contributed by atoms with Crippen LogP contribution in [0.5, 0.6) is 5.75 Å². The van der Waals surface area contributed by atoms with E-state index < -0.39 is 0 Å². The zero-order chi connectivity index (χ0) is 15.1. The van der Waals surface area contributed by atoms with E-state index in [0.717, 1.165) is 11.4 Å². The molecule has 1 aromatic carbocycles. The number of hydrogen-bond donors (Lipinski definition) is 0. The molecule has 0 atom stereocenters. The number of hydrogen-bond acceptors (Lipinski definition) is 5. The number of fused-ring (bicyclic) bond motifs is 2. The van der Waals surface area contributed by atoms with Crippen LogP contribution in [0.15, 0.2) is 47.6 Å². The number of guanidine groups is 1. The fourth-order valence-electron chi connectivity index (χ4n) is 2.79. The van der Waals surface area contributed by atoms with Crippen molar-refractivity contribution in [1.29, 1.82) is 0 Å². The standard InChI is InChI=1S/C16H14N4O2/c1-22-12-5-2-4-11(10-12)20-14-13(6-3-7-17-14)15(21)19-9-8-18-16(19)20/h2-7,10H,8-9H2,1H3. The summed E-state index contributed by atoms with van der Waals surface area (Å²) in [6.07, 6.45) is 1.68. The summed E-state index contributed by atoms with van der Waals surface area (Å²) >= 11 is 0. The number of ether oxygens (including phenoxy) is 1. The number of aromatic nitrogens is 1. The van der Waals surface area contributed by atoms with Gasteiger partial charge in [-0.25, -0.2) is 4.98 Å². The third-order valence-corrected chi connectivity index (χ3v) is 3.80. The van der Waals surface area contributed by atoms with Crippen LogP contribution in [-0.4, -0.2) is 41.9 Å². The molecule has 6 nitrogen and oxygen atoms in total. The summed E-state index contributed by atoms with van der Waals surface area (Å²) in [5.41, 5.74) is 1.46. The highest BCUT2D eigenvalue weighted by molar-refractivity contribution is 6.21. The molecule has 4 rings (SSSR count). The second-order valence-electron chi connectivity index (χ2n) is 5.05. The van der Waals surface area contributed by atoms with E-state index in [1.165, 1.54) is 0 Å². The second-order valence-corrected chi connectivity index (χ2v) is 5.05. The lowest BCUT2D eigenvalue weighted by molar-refractivity contribution is 0.0852. The summed E-state index contributed by atoms with van der Waals surface area (Å²) in [7, 11) is 1.63. The molecule has 0 saturated carbocycles. The molecule has 0 aliphatic carbocycles. The van der Waals surface area contributed by atoms with Gasteiger partial charge >= 0.3 is 0 Å². The first-order valence-corrected chi connectivity index (χ1v) is 7.05. The van der Waals surface area contributed by atoms with Crippen LogP contribution in [-0.2, 0) is 0 Å². The summed E-state index contributed by atoms with van der Waals surface area (Å²) in [6, 6.07) is 11.2. The Bertz CT molecular complexity index is 787. The van der Waals surface area contributed by atoms with Gasteiger partial charge in [0.05, 0.1) is 24.9 Å². The average Bonchev–Trinajstić information content (AvgIpc) is 3.05. The number of aliphatic imine (C=N–C) groups is 1. The van der Waals surface area contributed by atoms with Crippen LogP contribution in [0.2, 0.25) is 0 Å². The first kappa shape index (κ1) is 12.8. The van der Waals surface area contributed by atoms with Crippen LogP contribution >= 0.6 is 0 Å². The molecule has 2 aliphatic heterocycles. The van der Waals surface area contributed by atoms with E-state index >= 15 is 0 Å². The number of rotatable bonds is 2. The highest BCUT2D eigenvalue weighted by atomic mass is 16.5. The van der Waals surface area contributed by atoms with E-state index in [-0.39, 0.29) is 5.91 Å². The lowest BCUT2D eigenvalue weighted by Crippen LogP contribution is -2.48. The van der Waals surface area contributed by atoms with Gasteiger partial charge in [-0.2, -0.15) is 0 Å². The average molecular weight is 294 g/mol. The minimum Gasteiger partial charge on any atom is -0.497 e. The number of anilines is 2. The van der Waals surface area contributed by atoms with Crippen molar-refractivity contribution < 1.29 is 9.53 Å². The van der Waals surface area contributed by atoms with Crippen molar-refractivity contribution in [2.24, 2.45) is 4.99 Å². The van der Waals surface area contributed by atoms with Crippen molar-refractivity contribution in [3.05, 3.63) is 48.2 Å². The number of benzene rings is 1. The van der Waals surface area contributed by atoms with Gasteiger partial charge in [0.15, 0.2) is 5.82 Å². The van der Waals surface area contributed by atoms with E-state index in [2.05, 4.69) is 9.98 Å². The maximum Gasteiger partial charge on any atom is 0.264 e. The second kappa shape index (κ2) is 4.84. The fraction of sp³-hybridized carbons (Fsp3) is 0.188. The van der Waals surface area contributed by atoms with Crippen molar-refractivity contribution in [3.8, 4) is 5.75 Å². The third kappa shape index (κ3) is 1.77. The number of pyridine rings is 1. The number of amides is 1. The Morgan fingerprint density at radius 1 is 1.23 bits per heavy atom. The molecule has 6 heteroatoms. The van der Waals surface area contributed by atoms with Crippen LogP contribution in [0.1, 0.15) is 10.4 Å². The van der Waals surface area contributed by atoms with E-state index in [0.29, 0.717) is 30.4 Å². The highest BCUT2D eigenvalue weighted by Gasteiger charge is 2.38. The zero-order valence-corrected chi connectivity index (χ0v) is 12.1. The number of carbonyl (C=O) groups excluding carboxylic acids is 1. The van der Waals surface area contributed by atoms with Gasteiger partial charge < -0.3 is 4.74 Å². The normalized spacial score (nSPS) is 16.2. The first-order valence-electron chi connectivity index (χ1n) is 7.05. The van der Waals surface area contributed by atoms with Gasteiger partial charge in [-0.1, -0.05) is 6.07 Å². The van der Waals surface area contributed by atoms with Crippen LogP contribution in [0, 0.1) is 0 Å². The minimum atomic E-state index is -0.0431. The molecule has 2 aromatic rings. The summed E-state index contributed by atoms with van der Waals surface area (Å²) in [5.74, 6) is 1.94. The summed E-state index contributed by atoms with van der Waals surface area (Å²) < 4.78 is 5.30. The quantitative estimate of drug-likeness (QED) is 0.850. The first-order chi connectivity index (χ1) is 10.8. The lowest BCUT2D eigenvalue weighted by atomic mass is 10.1. The van der Waals surface area contributed by atoms with E-state index in [9.17, 15) is 4.79 Å². The summed E-state index contributed by atoms with van der Waals surface area (Å²) in [6.45, 7) is 1.21. The predicted octanol–water partition coefficient (Wildman–Crippen LogP) is 2.05. The van der Waals surface area contributed by atoms with E-state index in [1.54, 1.807) is 30.3 Å². The van der Waals surface area contributed by atoms with Gasteiger partial charge in [0, 0.05) is 18.8 Å². The molecule has 0 spiro atoms. The summed E-state index contributed by atoms with van der Waals surface area (Å²) in [4.78, 5) is 25.0. The molecule has 0 unspecified atom stereocenters. The minimum absolute atomic E-state index is 0.0431. The largest absolute Gasteiger partial charge is 0.497 e. The Labute approximate surface area is 127 Å². The van der Waals surface area contributed by atoms with Crippen LogP contribution in [0.3, 0.4) is 0 Å². The Morgan fingerprint density at radius 2 is 2.14 bits per heavy atom. The maximum atomic E-state index is 12.6. The van der Waals surface area contributed by atoms with Gasteiger partial charge in [0.1, 0.15) is 5.75 Å². The SMILES string of the molecule is COc1cccc(N2C3=NCCN3C(=O)c3cccnc32)c1. The molecule has 0 N–H and O–H groups in total. The van der Waals surface area contributed by atoms with Crippen molar-refractivity contribution in [1.82, 2.24) is 9.88 Å². The molecule has 0 radical (unpaired) electrons. The summed E-state index contributed by atoms with van der Waals surface area (Å²) in [5, 5.41) is 0. The van der Waals surface area contributed by atoms with E-state index in [4.69, 9.17) is 4.74 Å². The zero-order valence-electron chi connectivity index (χ0n) is 12.1. The monoisotopic (exact) mass is 294 g/mol. The van der Waals surface area contributed by atoms with Gasteiger partial charge in [-0.15, -0.1) is 0 Å². The molecule has 0 fully saturated rings. The van der Waals surface area contributed by atoms with Crippen molar-refractivity contribution in [3.63, 3.8) is 0 Å². The van der Waals surface area contributed by atoms with Crippen LogP contribution < -0.4 is 9.64 Å². The number of methoxy groups -OCH3 is 1. The van der Waals surface area contributed by atoms with Crippen molar-refractivity contribution >= 4 is 23.4 Å². The van der Waals surface area contributed by atoms with Gasteiger partial charge in [-0.05, 0) is 24.3 Å². The van der Waals surface area contributed by atoms with Gasteiger partial charge in [-0.3, -0.25) is 19.6 Å². The lowest BCUT2D eigenvalue weighted by Gasteiger charge is -2.34. The molecule has 2 aliphatic rings. The maximum absolute atomic E-state index is 12.6. The van der Waals surface area contributed by atoms with Gasteiger partial charge in [0.2, 0.25) is 5.96 Å². The number of nitrogens with zero attached hydrogens (tertiary/aromatic N) is 4. The van der Waals surface area contributed by atoms with Crippen LogP contribution in [0.25, 0.3) is 0 Å². The Kier molecular flexibility index (Phi) is 2.82. The van der Waals surface area contributed by atoms with Gasteiger partial charge in [0.25, 0.3) is 5.91 Å². The molecule has 0 saturated heterocycles. The molecule has 0 bridgehead atoms. The highest BCUT2D eigenvalue weighted by Crippen LogP contribution is 2.35. The van der Waals surface area contributed by atoms with Crippen molar-refractivity contribution in [2.45, 2.75) is 0 Å². The van der Waals surface area contributed by atoms with Crippen LogP contribution in [0.4, 0.5) is 11.5 Å². The molecular formula is C16H14N4O2. The molecule has 110 valence electrons. The molecule has 1 amide bonds. The number of carbonyl (C=O) groups is 1. The molecule has 3 heterocycles. The third-order valence-electron chi connectivity index (χ3n) is 3.80. The Balaban J connectivity index is 1.92. The Hall–Kier alpha value is -2.89. The molecule has 1 aromatic heterocycles. The van der Waals surface area contributed by atoms with Crippen molar-refractivity contribution in [2.75, 3.05) is 25.1 Å². The topological polar surface area (TPSA) is 58.0 Å². The Morgan fingerprint density at radius 3 is 3.00 bits per heavy atom. The molecule has 22 heavy (non-hydrogen) atoms. The molecular weight excluding hydrogens is 280 g/mol. The van der Waals surface area contributed by atoms with E-state index in [1.807, 2.05) is 29.2 Å². The predicted molar refractivity (Wildman–Crippen MR) is 82.7 cm³/mol.